The Labute approximate surface area is 141 Å². The first-order valence-corrected chi connectivity index (χ1v) is 9.30. The summed E-state index contributed by atoms with van der Waals surface area (Å²) in [5, 5.41) is 0. The van der Waals surface area contributed by atoms with Gasteiger partial charge in [0.1, 0.15) is 11.9 Å². The van der Waals surface area contributed by atoms with Crippen LogP contribution in [0.1, 0.15) is 70.5 Å². The van der Waals surface area contributed by atoms with Crippen molar-refractivity contribution >= 4 is 0 Å². The second-order valence-corrected chi connectivity index (χ2v) is 6.37. The summed E-state index contributed by atoms with van der Waals surface area (Å²) in [5.74, 6) is 0.931. The smallest absolute Gasteiger partial charge is 0.125 e. The summed E-state index contributed by atoms with van der Waals surface area (Å²) in [6.07, 6.45) is 8.93. The molecular weight excluding hydrogens is 288 g/mol. The minimum atomic E-state index is -0.000558. The minimum Gasteiger partial charge on any atom is -0.493 e. The van der Waals surface area contributed by atoms with Crippen molar-refractivity contribution in [3.63, 3.8) is 0 Å². The molecule has 3 heteroatoms. The molecule has 2 rings (SSSR count). The fourth-order valence-electron chi connectivity index (χ4n) is 2.95. The van der Waals surface area contributed by atoms with Crippen molar-refractivity contribution in [2.75, 3.05) is 19.8 Å². The lowest BCUT2D eigenvalue weighted by Gasteiger charge is -2.30. The van der Waals surface area contributed by atoms with Crippen molar-refractivity contribution in [2.24, 2.45) is 0 Å². The molecule has 23 heavy (non-hydrogen) atoms. The van der Waals surface area contributed by atoms with Gasteiger partial charge in [-0.3, -0.25) is 0 Å². The summed E-state index contributed by atoms with van der Waals surface area (Å²) in [7, 11) is 0. The van der Waals surface area contributed by atoms with Crippen molar-refractivity contribution < 1.29 is 14.2 Å². The third-order valence-corrected chi connectivity index (χ3v) is 4.32. The highest BCUT2D eigenvalue weighted by atomic mass is 16.6. The van der Waals surface area contributed by atoms with Crippen LogP contribution in [-0.4, -0.2) is 25.9 Å². The molecule has 1 fully saturated rings. The molecule has 1 aromatic carbocycles. The maximum atomic E-state index is 6.07. The fourth-order valence-corrected chi connectivity index (χ4v) is 2.95. The Balaban J connectivity index is 1.76. The van der Waals surface area contributed by atoms with Crippen LogP contribution in [0.4, 0.5) is 0 Å². The molecule has 1 aliphatic heterocycles. The van der Waals surface area contributed by atoms with E-state index in [4.69, 9.17) is 14.2 Å². The largest absolute Gasteiger partial charge is 0.493 e. The Morgan fingerprint density at radius 3 is 2.52 bits per heavy atom. The van der Waals surface area contributed by atoms with E-state index in [0.717, 1.165) is 30.8 Å². The predicted octanol–water partition coefficient (Wildman–Crippen LogP) is 5.29. The van der Waals surface area contributed by atoms with Crippen molar-refractivity contribution in [3.05, 3.63) is 29.8 Å². The van der Waals surface area contributed by atoms with E-state index in [1.54, 1.807) is 0 Å². The molecule has 0 radical (unpaired) electrons. The highest BCUT2D eigenvalue weighted by Gasteiger charge is 2.25. The lowest BCUT2D eigenvalue weighted by molar-refractivity contribution is -0.138. The summed E-state index contributed by atoms with van der Waals surface area (Å²) in [6, 6.07) is 8.16. The summed E-state index contributed by atoms with van der Waals surface area (Å²) in [6.45, 7) is 6.44. The molecule has 1 aliphatic rings. The van der Waals surface area contributed by atoms with E-state index < -0.39 is 0 Å². The second-order valence-electron chi connectivity index (χ2n) is 6.37. The number of ether oxygens (including phenoxy) is 3. The lowest BCUT2D eigenvalue weighted by atomic mass is 10.1. The third kappa shape index (κ3) is 6.15. The average Bonchev–Trinajstić information content (AvgIpc) is 2.61. The molecule has 0 bridgehead atoms. The van der Waals surface area contributed by atoms with E-state index in [2.05, 4.69) is 19.9 Å². The molecule has 1 aromatic rings. The van der Waals surface area contributed by atoms with E-state index in [0.29, 0.717) is 13.2 Å². The maximum absolute atomic E-state index is 6.07. The molecule has 0 unspecified atom stereocenters. The average molecular weight is 320 g/mol. The molecule has 2 atom stereocenters. The van der Waals surface area contributed by atoms with Crippen molar-refractivity contribution in [2.45, 2.75) is 71.0 Å². The van der Waals surface area contributed by atoms with Gasteiger partial charge >= 0.3 is 0 Å². The summed E-state index contributed by atoms with van der Waals surface area (Å²) in [4.78, 5) is 0. The zero-order valence-electron chi connectivity index (χ0n) is 14.8. The molecule has 130 valence electrons. The molecule has 0 aliphatic carbocycles. The van der Waals surface area contributed by atoms with Gasteiger partial charge in [0.2, 0.25) is 0 Å². The standard InChI is InChI=1S/C20H32O3/c1-3-5-6-7-8-11-17-15-23-20(16-22-17)18-12-9-10-13-19(18)21-14-4-2/h9-10,12-13,17,20H,3-8,11,14-16H2,1-2H3/t17-,20-/m0/s1. The molecule has 0 saturated carbocycles. The molecule has 0 spiro atoms. The molecule has 1 saturated heterocycles. The highest BCUT2D eigenvalue weighted by molar-refractivity contribution is 5.35. The summed E-state index contributed by atoms with van der Waals surface area (Å²) in [5.41, 5.74) is 1.11. The number of hydrogen-bond donors (Lipinski definition) is 0. The van der Waals surface area contributed by atoms with E-state index in [-0.39, 0.29) is 12.2 Å². The Morgan fingerprint density at radius 2 is 1.78 bits per heavy atom. The van der Waals surface area contributed by atoms with Crippen LogP contribution in [0.2, 0.25) is 0 Å². The fraction of sp³-hybridized carbons (Fsp3) is 0.700. The number of unbranched alkanes of at least 4 members (excludes halogenated alkanes) is 4. The normalized spacial score (nSPS) is 21.3. The Morgan fingerprint density at radius 1 is 0.957 bits per heavy atom. The number of rotatable bonds is 10. The van der Waals surface area contributed by atoms with Gasteiger partial charge < -0.3 is 14.2 Å². The number of hydrogen-bond acceptors (Lipinski definition) is 3. The molecule has 3 nitrogen and oxygen atoms in total. The van der Waals surface area contributed by atoms with Crippen LogP contribution in [0.25, 0.3) is 0 Å². The van der Waals surface area contributed by atoms with Crippen LogP contribution in [0.3, 0.4) is 0 Å². The third-order valence-electron chi connectivity index (χ3n) is 4.32. The van der Waals surface area contributed by atoms with E-state index in [1.807, 2.05) is 18.2 Å². The van der Waals surface area contributed by atoms with Crippen LogP contribution >= 0.6 is 0 Å². The second kappa shape index (κ2) is 10.7. The van der Waals surface area contributed by atoms with Crippen molar-refractivity contribution in [3.8, 4) is 5.75 Å². The lowest BCUT2D eigenvalue weighted by Crippen LogP contribution is -2.31. The van der Waals surface area contributed by atoms with Gasteiger partial charge in [-0.1, -0.05) is 64.2 Å². The minimum absolute atomic E-state index is 0.000558. The SMILES string of the molecule is CCCCCCC[C@H]1CO[C@H](c2ccccc2OCCC)CO1. The maximum Gasteiger partial charge on any atom is 0.125 e. The molecule has 0 amide bonds. The van der Waals surface area contributed by atoms with Gasteiger partial charge in [-0.05, 0) is 18.9 Å². The van der Waals surface area contributed by atoms with Crippen molar-refractivity contribution in [1.82, 2.24) is 0 Å². The van der Waals surface area contributed by atoms with Gasteiger partial charge in [0.05, 0.1) is 25.9 Å². The van der Waals surface area contributed by atoms with Gasteiger partial charge in [-0.15, -0.1) is 0 Å². The topological polar surface area (TPSA) is 27.7 Å². The zero-order valence-corrected chi connectivity index (χ0v) is 14.8. The first-order chi connectivity index (χ1) is 11.3. The number of benzene rings is 1. The molecule has 0 aromatic heterocycles. The number of para-hydroxylation sites is 1. The Kier molecular flexibility index (Phi) is 8.48. The van der Waals surface area contributed by atoms with Gasteiger partial charge in [-0.2, -0.15) is 0 Å². The van der Waals surface area contributed by atoms with E-state index in [9.17, 15) is 0 Å². The predicted molar refractivity (Wildman–Crippen MR) is 94.0 cm³/mol. The molecule has 1 heterocycles. The van der Waals surface area contributed by atoms with E-state index >= 15 is 0 Å². The van der Waals surface area contributed by atoms with Crippen molar-refractivity contribution in [1.29, 1.82) is 0 Å². The summed E-state index contributed by atoms with van der Waals surface area (Å²) >= 11 is 0. The highest BCUT2D eigenvalue weighted by Crippen LogP contribution is 2.31. The van der Waals surface area contributed by atoms with Crippen LogP contribution in [0, 0.1) is 0 Å². The van der Waals surface area contributed by atoms with Gasteiger partial charge in [-0.25, -0.2) is 0 Å². The van der Waals surface area contributed by atoms with Crippen LogP contribution in [-0.2, 0) is 9.47 Å². The van der Waals surface area contributed by atoms with Gasteiger partial charge in [0.15, 0.2) is 0 Å². The molecule has 0 N–H and O–H groups in total. The van der Waals surface area contributed by atoms with Crippen LogP contribution in [0.15, 0.2) is 24.3 Å². The monoisotopic (exact) mass is 320 g/mol. The Bertz CT molecular complexity index is 425. The quantitative estimate of drug-likeness (QED) is 0.548. The Hall–Kier alpha value is -1.06. The van der Waals surface area contributed by atoms with E-state index in [1.165, 1.54) is 32.1 Å². The van der Waals surface area contributed by atoms with Gasteiger partial charge in [0.25, 0.3) is 0 Å². The van der Waals surface area contributed by atoms with Gasteiger partial charge in [0, 0.05) is 5.56 Å². The zero-order chi connectivity index (χ0) is 16.3. The molecular formula is C20H32O3. The van der Waals surface area contributed by atoms with Crippen LogP contribution in [0.5, 0.6) is 5.75 Å². The van der Waals surface area contributed by atoms with Crippen LogP contribution < -0.4 is 4.74 Å². The summed E-state index contributed by atoms with van der Waals surface area (Å²) < 4.78 is 17.9. The first kappa shape index (κ1) is 18.3. The first-order valence-electron chi connectivity index (χ1n) is 9.30.